The van der Waals surface area contributed by atoms with E-state index in [1.807, 2.05) is 39.1 Å². The third-order valence-corrected chi connectivity index (χ3v) is 5.61. The van der Waals surface area contributed by atoms with Crippen molar-refractivity contribution in [2.45, 2.75) is 32.2 Å². The Kier molecular flexibility index (Phi) is 7.37. The zero-order valence-electron chi connectivity index (χ0n) is 16.3. The molecule has 0 atom stereocenters. The van der Waals surface area contributed by atoms with Gasteiger partial charge in [0.1, 0.15) is 0 Å². The molecule has 1 aromatic heterocycles. The zero-order chi connectivity index (χ0) is 19.9. The van der Waals surface area contributed by atoms with Crippen LogP contribution in [0, 0.1) is 13.8 Å². The van der Waals surface area contributed by atoms with Crippen molar-refractivity contribution < 1.29 is 8.42 Å². The van der Waals surface area contributed by atoms with Crippen molar-refractivity contribution in [2.24, 2.45) is 12.0 Å². The van der Waals surface area contributed by atoms with Gasteiger partial charge in [0.25, 0.3) is 0 Å². The maximum absolute atomic E-state index is 12.5. The van der Waals surface area contributed by atoms with E-state index in [0.29, 0.717) is 30.5 Å². The van der Waals surface area contributed by atoms with E-state index in [0.717, 1.165) is 16.8 Å². The summed E-state index contributed by atoms with van der Waals surface area (Å²) in [5.41, 5.74) is 2.63. The van der Waals surface area contributed by atoms with Crippen molar-refractivity contribution in [3.63, 3.8) is 0 Å². The van der Waals surface area contributed by atoms with Gasteiger partial charge in [-0.2, -0.15) is 5.10 Å². The molecular formula is C18H28N6O2S. The Morgan fingerprint density at radius 3 is 2.63 bits per heavy atom. The van der Waals surface area contributed by atoms with Crippen molar-refractivity contribution >= 4 is 16.0 Å². The summed E-state index contributed by atoms with van der Waals surface area (Å²) < 4.78 is 29.4. The minimum atomic E-state index is -3.54. The first-order valence-corrected chi connectivity index (χ1v) is 10.4. The van der Waals surface area contributed by atoms with Crippen LogP contribution in [0.4, 0.5) is 0 Å². The Bertz CT molecular complexity index is 889. The summed E-state index contributed by atoms with van der Waals surface area (Å²) in [6.45, 7) is 7.52. The Morgan fingerprint density at radius 1 is 1.19 bits per heavy atom. The van der Waals surface area contributed by atoms with Crippen LogP contribution in [0.5, 0.6) is 0 Å². The second-order valence-corrected chi connectivity index (χ2v) is 7.97. The molecule has 0 fully saturated rings. The van der Waals surface area contributed by atoms with Crippen LogP contribution in [0.1, 0.15) is 23.7 Å². The van der Waals surface area contributed by atoms with E-state index in [9.17, 15) is 8.42 Å². The van der Waals surface area contributed by atoms with Crippen LogP contribution in [0.3, 0.4) is 0 Å². The molecule has 148 valence electrons. The smallest absolute Gasteiger partial charge is 0.240 e. The second-order valence-electron chi connectivity index (χ2n) is 6.23. The number of nitrogens with one attached hydrogen (secondary N) is 3. The van der Waals surface area contributed by atoms with Crippen molar-refractivity contribution in [3.8, 4) is 0 Å². The van der Waals surface area contributed by atoms with Gasteiger partial charge in [0, 0.05) is 32.9 Å². The van der Waals surface area contributed by atoms with Crippen molar-refractivity contribution in [1.29, 1.82) is 0 Å². The predicted octanol–water partition coefficient (Wildman–Crippen LogP) is 1.07. The fraction of sp³-hybridized carbons (Fsp3) is 0.444. The number of guanidine groups is 1. The van der Waals surface area contributed by atoms with Crippen LogP contribution in [0.2, 0.25) is 0 Å². The fourth-order valence-electron chi connectivity index (χ4n) is 2.50. The highest BCUT2D eigenvalue weighted by Gasteiger charge is 2.16. The molecule has 0 spiro atoms. The zero-order valence-corrected chi connectivity index (χ0v) is 17.1. The number of aromatic nitrogens is 2. The summed E-state index contributed by atoms with van der Waals surface area (Å²) in [4.78, 5) is 4.81. The van der Waals surface area contributed by atoms with Gasteiger partial charge in [-0.05, 0) is 44.0 Å². The molecule has 0 saturated heterocycles. The normalized spacial score (nSPS) is 12.2. The van der Waals surface area contributed by atoms with Gasteiger partial charge < -0.3 is 10.6 Å². The molecule has 8 nitrogen and oxygen atoms in total. The van der Waals surface area contributed by atoms with Crippen molar-refractivity contribution in [2.75, 3.05) is 19.6 Å². The lowest BCUT2D eigenvalue weighted by molar-refractivity contribution is 0.579. The van der Waals surface area contributed by atoms with Gasteiger partial charge in [-0.15, -0.1) is 0 Å². The molecule has 0 aliphatic rings. The number of rotatable bonds is 8. The van der Waals surface area contributed by atoms with Gasteiger partial charge in [0.15, 0.2) is 5.96 Å². The highest BCUT2D eigenvalue weighted by Crippen LogP contribution is 2.16. The van der Waals surface area contributed by atoms with Gasteiger partial charge in [0.2, 0.25) is 10.0 Å². The van der Waals surface area contributed by atoms with E-state index < -0.39 is 10.0 Å². The summed E-state index contributed by atoms with van der Waals surface area (Å²) in [6, 6.07) is 7.31. The molecule has 0 saturated carbocycles. The lowest BCUT2D eigenvalue weighted by atomic mass is 10.2. The molecule has 0 aliphatic carbocycles. The highest BCUT2D eigenvalue weighted by molar-refractivity contribution is 7.89. The average molecular weight is 393 g/mol. The van der Waals surface area contributed by atoms with Crippen molar-refractivity contribution in [3.05, 3.63) is 47.3 Å². The number of nitrogens with zero attached hydrogens (tertiary/aromatic N) is 3. The summed E-state index contributed by atoms with van der Waals surface area (Å²) in [5, 5.41) is 10.4. The minimum Gasteiger partial charge on any atom is -0.357 e. The molecule has 1 aromatic carbocycles. The molecule has 0 aliphatic heterocycles. The molecule has 27 heavy (non-hydrogen) atoms. The van der Waals surface area contributed by atoms with E-state index in [-0.39, 0.29) is 6.54 Å². The second kappa shape index (κ2) is 9.52. The molecule has 2 aromatic rings. The van der Waals surface area contributed by atoms with Crippen LogP contribution in [-0.2, 0) is 23.6 Å². The van der Waals surface area contributed by atoms with Crippen LogP contribution >= 0.6 is 0 Å². The van der Waals surface area contributed by atoms with Crippen LogP contribution in [0.15, 0.2) is 40.4 Å². The third-order valence-electron chi connectivity index (χ3n) is 4.01. The van der Waals surface area contributed by atoms with Crippen LogP contribution in [0.25, 0.3) is 0 Å². The molecule has 0 radical (unpaired) electrons. The van der Waals surface area contributed by atoms with Gasteiger partial charge in [0.05, 0.1) is 17.1 Å². The Hall–Kier alpha value is -2.39. The predicted molar refractivity (Wildman–Crippen MR) is 107 cm³/mol. The van der Waals surface area contributed by atoms with E-state index in [4.69, 9.17) is 0 Å². The summed E-state index contributed by atoms with van der Waals surface area (Å²) >= 11 is 0. The minimum absolute atomic E-state index is 0.256. The Morgan fingerprint density at radius 2 is 1.96 bits per heavy atom. The monoisotopic (exact) mass is 392 g/mol. The SMILES string of the molecule is CCNC(=NCc1ccnn1C)NCCNS(=O)(=O)c1cc(C)ccc1C. The first kappa shape index (κ1) is 20.9. The quantitative estimate of drug-likeness (QED) is 0.354. The average Bonchev–Trinajstić information content (AvgIpc) is 3.03. The molecule has 0 bridgehead atoms. The van der Waals surface area contributed by atoms with Crippen LogP contribution < -0.4 is 15.4 Å². The van der Waals surface area contributed by atoms with Gasteiger partial charge in [-0.3, -0.25) is 4.68 Å². The van der Waals surface area contributed by atoms with E-state index in [1.165, 1.54) is 0 Å². The van der Waals surface area contributed by atoms with E-state index in [2.05, 4.69) is 25.4 Å². The topological polar surface area (TPSA) is 100 Å². The number of aryl methyl sites for hydroxylation is 3. The molecule has 1 heterocycles. The Balaban J connectivity index is 1.91. The first-order valence-electron chi connectivity index (χ1n) is 8.89. The lowest BCUT2D eigenvalue weighted by Gasteiger charge is -2.13. The lowest BCUT2D eigenvalue weighted by Crippen LogP contribution is -2.41. The number of sulfonamides is 1. The fourth-order valence-corrected chi connectivity index (χ4v) is 3.86. The molecular weight excluding hydrogens is 364 g/mol. The summed E-state index contributed by atoms with van der Waals surface area (Å²) in [5.74, 6) is 0.629. The number of benzene rings is 1. The molecule has 3 N–H and O–H groups in total. The summed E-state index contributed by atoms with van der Waals surface area (Å²) in [6.07, 6.45) is 1.73. The summed E-state index contributed by atoms with van der Waals surface area (Å²) in [7, 11) is -1.67. The number of hydrogen-bond acceptors (Lipinski definition) is 4. The van der Waals surface area contributed by atoms with E-state index >= 15 is 0 Å². The van der Waals surface area contributed by atoms with Crippen LogP contribution in [-0.4, -0.2) is 43.8 Å². The Labute approximate surface area is 161 Å². The van der Waals surface area contributed by atoms with Gasteiger partial charge >= 0.3 is 0 Å². The molecule has 2 rings (SSSR count). The molecule has 0 amide bonds. The van der Waals surface area contributed by atoms with Gasteiger partial charge in [-0.25, -0.2) is 18.1 Å². The number of hydrogen-bond donors (Lipinski definition) is 3. The van der Waals surface area contributed by atoms with Gasteiger partial charge in [-0.1, -0.05) is 12.1 Å². The van der Waals surface area contributed by atoms with E-state index in [1.54, 1.807) is 23.9 Å². The largest absolute Gasteiger partial charge is 0.357 e. The third kappa shape index (κ3) is 6.07. The first-order chi connectivity index (χ1) is 12.8. The molecule has 9 heteroatoms. The maximum Gasteiger partial charge on any atom is 0.240 e. The highest BCUT2D eigenvalue weighted by atomic mass is 32.2. The standard InChI is InChI=1S/C18H28N6O2S/c1-5-19-18(21-13-16-8-9-22-24(16)4)20-10-11-23-27(25,26)17-12-14(2)6-7-15(17)3/h6-9,12,23H,5,10-11,13H2,1-4H3,(H2,19,20,21). The number of aliphatic imine (C=N–C) groups is 1. The van der Waals surface area contributed by atoms with Crippen molar-refractivity contribution in [1.82, 2.24) is 25.1 Å². The molecule has 0 unspecified atom stereocenters. The maximum atomic E-state index is 12.5.